The smallest absolute Gasteiger partial charge is 0.261 e. The number of hydrogen-bond donors (Lipinski definition) is 2. The number of ether oxygens (including phenoxy) is 1. The number of rotatable bonds is 5. The molecule has 1 fully saturated rings. The van der Waals surface area contributed by atoms with E-state index in [4.69, 9.17) is 10.5 Å². The van der Waals surface area contributed by atoms with E-state index < -0.39 is 0 Å². The third kappa shape index (κ3) is 2.76. The fraction of sp³-hybridized carbons (Fsp3) is 0.438. The van der Waals surface area contributed by atoms with Crippen molar-refractivity contribution < 1.29 is 9.53 Å². The summed E-state index contributed by atoms with van der Waals surface area (Å²) in [5.74, 6) is 1.37. The molecule has 0 radical (unpaired) electrons. The van der Waals surface area contributed by atoms with Crippen LogP contribution < -0.4 is 15.8 Å². The van der Waals surface area contributed by atoms with Crippen molar-refractivity contribution in [3.05, 3.63) is 28.6 Å². The lowest BCUT2D eigenvalue weighted by Crippen LogP contribution is -2.41. The second kappa shape index (κ2) is 5.66. The summed E-state index contributed by atoms with van der Waals surface area (Å²) in [5.41, 5.74) is 6.78. The number of aryl methyl sites for hydroxylation is 1. The highest BCUT2D eigenvalue weighted by Gasteiger charge is 2.32. The Hall–Kier alpha value is -1.59. The topological polar surface area (TPSA) is 64.3 Å². The maximum atomic E-state index is 12.5. The van der Waals surface area contributed by atoms with Gasteiger partial charge in [0.25, 0.3) is 5.91 Å². The molecule has 1 aromatic carbocycles. The molecule has 112 valence electrons. The maximum Gasteiger partial charge on any atom is 0.261 e. The number of amides is 1. The van der Waals surface area contributed by atoms with Crippen molar-refractivity contribution in [3.8, 4) is 5.75 Å². The van der Waals surface area contributed by atoms with Crippen molar-refractivity contribution >= 4 is 27.3 Å². The summed E-state index contributed by atoms with van der Waals surface area (Å²) in [6, 6.07) is 6.02. The lowest BCUT2D eigenvalue weighted by Gasteiger charge is -2.15. The minimum atomic E-state index is -0.00461. The first-order valence-electron chi connectivity index (χ1n) is 7.22. The molecule has 0 aliphatic heterocycles. The Morgan fingerprint density at radius 3 is 2.90 bits per heavy atom. The van der Waals surface area contributed by atoms with Gasteiger partial charge in [-0.15, -0.1) is 11.3 Å². The molecule has 3 rings (SSSR count). The first-order chi connectivity index (χ1) is 10.1. The van der Waals surface area contributed by atoms with E-state index in [1.807, 2.05) is 25.1 Å². The van der Waals surface area contributed by atoms with Crippen LogP contribution in [0.2, 0.25) is 0 Å². The zero-order valence-corrected chi connectivity index (χ0v) is 13.1. The van der Waals surface area contributed by atoms with Gasteiger partial charge in [-0.2, -0.15) is 0 Å². The SMILES string of the molecule is COc1ccc2sc(C(=O)NC(CN)C3CC3)c(C)c2c1. The van der Waals surface area contributed by atoms with Crippen LogP contribution >= 0.6 is 11.3 Å². The fourth-order valence-electron chi connectivity index (χ4n) is 2.65. The molecule has 1 unspecified atom stereocenters. The van der Waals surface area contributed by atoms with Gasteiger partial charge < -0.3 is 15.8 Å². The summed E-state index contributed by atoms with van der Waals surface area (Å²) in [6.45, 7) is 2.50. The fourth-order valence-corrected chi connectivity index (χ4v) is 3.74. The Kier molecular flexibility index (Phi) is 3.87. The molecule has 0 bridgehead atoms. The van der Waals surface area contributed by atoms with Crippen LogP contribution in [0.1, 0.15) is 28.1 Å². The Morgan fingerprint density at radius 2 is 2.29 bits per heavy atom. The summed E-state index contributed by atoms with van der Waals surface area (Å²) in [5, 5.41) is 4.17. The standard InChI is InChI=1S/C16H20N2O2S/c1-9-12-7-11(20-2)5-6-14(12)21-15(9)16(19)18-13(8-17)10-3-4-10/h5-7,10,13H,3-4,8,17H2,1-2H3,(H,18,19). The molecule has 0 spiro atoms. The molecule has 1 aliphatic rings. The summed E-state index contributed by atoms with van der Waals surface area (Å²) in [4.78, 5) is 13.3. The highest BCUT2D eigenvalue weighted by atomic mass is 32.1. The number of nitrogens with two attached hydrogens (primary N) is 1. The van der Waals surface area contributed by atoms with E-state index in [1.165, 1.54) is 24.2 Å². The van der Waals surface area contributed by atoms with Crippen LogP contribution in [-0.2, 0) is 0 Å². The molecular formula is C16H20N2O2S. The molecule has 1 heterocycles. The van der Waals surface area contributed by atoms with Crippen LogP contribution in [0.4, 0.5) is 0 Å². The molecule has 5 heteroatoms. The number of carbonyl (C=O) groups is 1. The molecule has 21 heavy (non-hydrogen) atoms. The lowest BCUT2D eigenvalue weighted by molar-refractivity contribution is 0.0937. The Bertz CT molecular complexity index is 676. The minimum absolute atomic E-state index is 0.00461. The molecule has 1 aliphatic carbocycles. The van der Waals surface area contributed by atoms with Crippen LogP contribution in [0, 0.1) is 12.8 Å². The van der Waals surface area contributed by atoms with Crippen LogP contribution in [0.3, 0.4) is 0 Å². The molecule has 3 N–H and O–H groups in total. The predicted molar refractivity (Wildman–Crippen MR) is 86.1 cm³/mol. The van der Waals surface area contributed by atoms with Gasteiger partial charge >= 0.3 is 0 Å². The second-order valence-electron chi connectivity index (χ2n) is 5.57. The van der Waals surface area contributed by atoms with Gasteiger partial charge in [-0.1, -0.05) is 0 Å². The van der Waals surface area contributed by atoms with Crippen LogP contribution in [-0.4, -0.2) is 25.6 Å². The van der Waals surface area contributed by atoms with Crippen molar-refractivity contribution in [2.75, 3.05) is 13.7 Å². The second-order valence-corrected chi connectivity index (χ2v) is 6.62. The number of hydrogen-bond acceptors (Lipinski definition) is 4. The first-order valence-corrected chi connectivity index (χ1v) is 8.03. The van der Waals surface area contributed by atoms with Crippen LogP contribution in [0.5, 0.6) is 5.75 Å². The predicted octanol–water partition coefficient (Wildman–Crippen LogP) is 2.69. The highest BCUT2D eigenvalue weighted by Crippen LogP contribution is 2.35. The number of nitrogens with one attached hydrogen (secondary N) is 1. The number of carbonyl (C=O) groups excluding carboxylic acids is 1. The van der Waals surface area contributed by atoms with Gasteiger partial charge in [0.15, 0.2) is 0 Å². The number of thiophene rings is 1. The summed E-state index contributed by atoms with van der Waals surface area (Å²) >= 11 is 1.53. The summed E-state index contributed by atoms with van der Waals surface area (Å²) < 4.78 is 6.36. The monoisotopic (exact) mass is 304 g/mol. The molecule has 1 aromatic heterocycles. The van der Waals surface area contributed by atoms with E-state index in [0.717, 1.165) is 26.3 Å². The third-order valence-corrected chi connectivity index (χ3v) is 5.38. The van der Waals surface area contributed by atoms with Gasteiger partial charge in [-0.05, 0) is 54.8 Å². The van der Waals surface area contributed by atoms with Gasteiger partial charge in [0, 0.05) is 17.3 Å². The van der Waals surface area contributed by atoms with Gasteiger partial charge in [-0.25, -0.2) is 0 Å². The zero-order chi connectivity index (χ0) is 15.0. The quantitative estimate of drug-likeness (QED) is 0.892. The maximum absolute atomic E-state index is 12.5. The van der Waals surface area contributed by atoms with E-state index in [1.54, 1.807) is 7.11 Å². The molecular weight excluding hydrogens is 284 g/mol. The average Bonchev–Trinajstić information content (AvgIpc) is 3.29. The van der Waals surface area contributed by atoms with Crippen molar-refractivity contribution in [1.82, 2.24) is 5.32 Å². The van der Waals surface area contributed by atoms with E-state index in [-0.39, 0.29) is 11.9 Å². The van der Waals surface area contributed by atoms with Gasteiger partial charge in [0.2, 0.25) is 0 Å². The molecule has 0 saturated heterocycles. The lowest BCUT2D eigenvalue weighted by atomic mass is 10.1. The molecule has 4 nitrogen and oxygen atoms in total. The summed E-state index contributed by atoms with van der Waals surface area (Å²) in [7, 11) is 1.65. The average molecular weight is 304 g/mol. The summed E-state index contributed by atoms with van der Waals surface area (Å²) in [6.07, 6.45) is 2.34. The molecule has 1 saturated carbocycles. The number of methoxy groups -OCH3 is 1. The molecule has 1 amide bonds. The van der Waals surface area contributed by atoms with Crippen molar-refractivity contribution in [1.29, 1.82) is 0 Å². The van der Waals surface area contributed by atoms with Gasteiger partial charge in [0.05, 0.1) is 12.0 Å². The van der Waals surface area contributed by atoms with Crippen molar-refractivity contribution in [2.45, 2.75) is 25.8 Å². The van der Waals surface area contributed by atoms with E-state index in [2.05, 4.69) is 5.32 Å². The van der Waals surface area contributed by atoms with E-state index in [9.17, 15) is 4.79 Å². The third-order valence-electron chi connectivity index (χ3n) is 4.11. The zero-order valence-electron chi connectivity index (χ0n) is 12.3. The largest absolute Gasteiger partial charge is 0.497 e. The Morgan fingerprint density at radius 1 is 1.52 bits per heavy atom. The molecule has 1 atom stereocenters. The van der Waals surface area contributed by atoms with Crippen LogP contribution in [0.25, 0.3) is 10.1 Å². The van der Waals surface area contributed by atoms with Gasteiger partial charge in [-0.3, -0.25) is 4.79 Å². The molecule has 2 aromatic rings. The highest BCUT2D eigenvalue weighted by molar-refractivity contribution is 7.21. The first kappa shape index (κ1) is 14.4. The normalized spacial score (nSPS) is 16.0. The van der Waals surface area contributed by atoms with Gasteiger partial charge in [0.1, 0.15) is 5.75 Å². The van der Waals surface area contributed by atoms with Crippen molar-refractivity contribution in [2.24, 2.45) is 11.7 Å². The number of fused-ring (bicyclic) bond motifs is 1. The number of benzene rings is 1. The van der Waals surface area contributed by atoms with Crippen LogP contribution in [0.15, 0.2) is 18.2 Å². The van der Waals surface area contributed by atoms with E-state index >= 15 is 0 Å². The van der Waals surface area contributed by atoms with E-state index in [0.29, 0.717) is 12.5 Å². The van der Waals surface area contributed by atoms with Crippen molar-refractivity contribution in [3.63, 3.8) is 0 Å². The Labute approximate surface area is 128 Å². The Balaban J connectivity index is 1.88. The minimum Gasteiger partial charge on any atom is -0.497 e.